The van der Waals surface area contributed by atoms with E-state index >= 15 is 0 Å². The summed E-state index contributed by atoms with van der Waals surface area (Å²) in [6.45, 7) is 1.86. The summed E-state index contributed by atoms with van der Waals surface area (Å²) in [6.07, 6.45) is 4.14. The van der Waals surface area contributed by atoms with E-state index in [2.05, 4.69) is 5.10 Å². The Kier molecular flexibility index (Phi) is 4.55. The molecule has 0 aliphatic carbocycles. The molecule has 7 heteroatoms. The van der Waals surface area contributed by atoms with Crippen molar-refractivity contribution in [2.45, 2.75) is 26.1 Å². The molecule has 0 saturated heterocycles. The first-order valence-electron chi connectivity index (χ1n) is 7.31. The Bertz CT molecular complexity index is 784. The van der Waals surface area contributed by atoms with Crippen molar-refractivity contribution in [1.29, 1.82) is 5.26 Å². The first kappa shape index (κ1) is 15.5. The van der Waals surface area contributed by atoms with Crippen LogP contribution in [0.3, 0.4) is 0 Å². The molecule has 0 aromatic carbocycles. The molecule has 3 heterocycles. The van der Waals surface area contributed by atoms with Crippen LogP contribution in [0.5, 0.6) is 0 Å². The fourth-order valence-electron chi connectivity index (χ4n) is 2.53. The summed E-state index contributed by atoms with van der Waals surface area (Å²) in [5.74, 6) is -0.0582. The lowest BCUT2D eigenvalue weighted by Crippen LogP contribution is -2.29. The van der Waals surface area contributed by atoms with Crippen molar-refractivity contribution in [3.05, 3.63) is 45.4 Å². The van der Waals surface area contributed by atoms with Crippen molar-refractivity contribution >= 4 is 23.3 Å². The van der Waals surface area contributed by atoms with E-state index in [1.54, 1.807) is 23.1 Å². The van der Waals surface area contributed by atoms with Crippen LogP contribution in [-0.2, 0) is 24.5 Å². The van der Waals surface area contributed by atoms with E-state index in [1.165, 1.54) is 11.3 Å². The number of hydrogen-bond acceptors (Lipinski definition) is 5. The smallest absolute Gasteiger partial charge is 0.246 e. The zero-order chi connectivity index (χ0) is 16.2. The van der Waals surface area contributed by atoms with Gasteiger partial charge in [0.15, 0.2) is 5.69 Å². The van der Waals surface area contributed by atoms with Gasteiger partial charge in [0.25, 0.3) is 0 Å². The molecular formula is C16H16N4O2S. The minimum atomic E-state index is -0.0582. The largest absolute Gasteiger partial charge is 0.392 e. The lowest BCUT2D eigenvalue weighted by atomic mass is 10.3. The second kappa shape index (κ2) is 6.77. The first-order valence-corrected chi connectivity index (χ1v) is 8.19. The number of amides is 1. The van der Waals surface area contributed by atoms with Gasteiger partial charge in [0, 0.05) is 24.0 Å². The number of carbonyl (C=O) groups is 1. The molecule has 0 fully saturated rings. The highest BCUT2D eigenvalue weighted by atomic mass is 32.1. The van der Waals surface area contributed by atoms with Crippen LogP contribution < -0.4 is 0 Å². The van der Waals surface area contributed by atoms with E-state index in [0.29, 0.717) is 18.8 Å². The Morgan fingerprint density at radius 3 is 3.09 bits per heavy atom. The number of aliphatic hydroxyl groups is 1. The molecule has 0 bridgehead atoms. The average Bonchev–Trinajstić information content (AvgIpc) is 3.14. The van der Waals surface area contributed by atoms with Crippen LogP contribution in [0.4, 0.5) is 0 Å². The summed E-state index contributed by atoms with van der Waals surface area (Å²) < 4.78 is 1.81. The van der Waals surface area contributed by atoms with Crippen LogP contribution >= 0.6 is 11.3 Å². The number of aryl methyl sites for hydroxylation is 1. The summed E-state index contributed by atoms with van der Waals surface area (Å²) in [5, 5.41) is 24.1. The molecule has 1 aliphatic heterocycles. The van der Waals surface area contributed by atoms with Crippen molar-refractivity contribution < 1.29 is 9.90 Å². The molecule has 0 unspecified atom stereocenters. The third kappa shape index (κ3) is 3.50. The quantitative estimate of drug-likeness (QED) is 0.870. The lowest BCUT2D eigenvalue weighted by molar-refractivity contribution is -0.126. The maximum atomic E-state index is 12.4. The van der Waals surface area contributed by atoms with Gasteiger partial charge in [-0.25, -0.2) is 0 Å². The number of aromatic nitrogens is 2. The van der Waals surface area contributed by atoms with Gasteiger partial charge in [-0.1, -0.05) is 0 Å². The van der Waals surface area contributed by atoms with Crippen molar-refractivity contribution in [1.82, 2.24) is 14.7 Å². The Balaban J connectivity index is 1.70. The highest BCUT2D eigenvalue weighted by Crippen LogP contribution is 2.17. The van der Waals surface area contributed by atoms with Gasteiger partial charge in [0.1, 0.15) is 6.07 Å². The Labute approximate surface area is 137 Å². The number of nitriles is 1. The molecule has 2 aromatic heterocycles. The predicted octanol–water partition coefficient (Wildman–Crippen LogP) is 1.75. The highest BCUT2D eigenvalue weighted by molar-refractivity contribution is 7.11. The van der Waals surface area contributed by atoms with Crippen LogP contribution in [0, 0.1) is 11.3 Å². The first-order chi connectivity index (χ1) is 11.2. The molecular weight excluding hydrogens is 312 g/mol. The summed E-state index contributed by atoms with van der Waals surface area (Å²) in [7, 11) is 0. The van der Waals surface area contributed by atoms with Gasteiger partial charge in [-0.15, -0.1) is 11.3 Å². The highest BCUT2D eigenvalue weighted by Gasteiger charge is 2.19. The maximum absolute atomic E-state index is 12.4. The Morgan fingerprint density at radius 1 is 1.48 bits per heavy atom. The monoisotopic (exact) mass is 328 g/mol. The molecule has 1 amide bonds. The van der Waals surface area contributed by atoms with Crippen molar-refractivity contribution in [3.63, 3.8) is 0 Å². The molecule has 0 radical (unpaired) electrons. The molecule has 118 valence electrons. The van der Waals surface area contributed by atoms with E-state index in [0.717, 1.165) is 29.1 Å². The van der Waals surface area contributed by atoms with E-state index in [-0.39, 0.29) is 12.5 Å². The summed E-state index contributed by atoms with van der Waals surface area (Å²) >= 11 is 1.49. The van der Waals surface area contributed by atoms with E-state index < -0.39 is 0 Å². The normalized spacial score (nSPS) is 14.5. The van der Waals surface area contributed by atoms with Crippen LogP contribution in [0.15, 0.2) is 23.6 Å². The zero-order valence-electron chi connectivity index (χ0n) is 12.5. The van der Waals surface area contributed by atoms with Gasteiger partial charge in [0.2, 0.25) is 5.91 Å². The van der Waals surface area contributed by atoms with E-state index in [9.17, 15) is 4.79 Å². The topological polar surface area (TPSA) is 82.2 Å². The number of nitrogens with zero attached hydrogens (tertiary/aromatic N) is 4. The van der Waals surface area contributed by atoms with Gasteiger partial charge in [0.05, 0.1) is 18.8 Å². The van der Waals surface area contributed by atoms with Crippen molar-refractivity contribution in [2.75, 3.05) is 6.54 Å². The molecule has 1 N–H and O–H groups in total. The number of aliphatic hydroxyl groups excluding tert-OH is 1. The standard InChI is InChI=1S/C16H16N4O2S/c17-8-13-7-14-9-19(4-1-5-20(14)18-13)16(22)3-2-15-6-12(10-21)11-23-15/h2-3,6-7,11,21H,1,4-5,9-10H2/b3-2+. The molecule has 3 rings (SSSR count). The third-order valence-corrected chi connectivity index (χ3v) is 4.63. The van der Waals surface area contributed by atoms with Crippen LogP contribution in [0.1, 0.15) is 28.2 Å². The second-order valence-corrected chi connectivity index (χ2v) is 6.26. The number of carbonyl (C=O) groups excluding carboxylic acids is 1. The number of thiophene rings is 1. The zero-order valence-corrected chi connectivity index (χ0v) is 13.3. The number of hydrogen-bond donors (Lipinski definition) is 1. The maximum Gasteiger partial charge on any atom is 0.246 e. The fraction of sp³-hybridized carbons (Fsp3) is 0.312. The van der Waals surface area contributed by atoms with Crippen molar-refractivity contribution in [3.8, 4) is 6.07 Å². The van der Waals surface area contributed by atoms with Gasteiger partial charge in [-0.3, -0.25) is 9.48 Å². The van der Waals surface area contributed by atoms with Crippen LogP contribution in [0.2, 0.25) is 0 Å². The number of rotatable bonds is 3. The summed E-state index contributed by atoms with van der Waals surface area (Å²) in [5.41, 5.74) is 2.13. The van der Waals surface area contributed by atoms with E-state index in [1.807, 2.05) is 22.2 Å². The van der Waals surface area contributed by atoms with E-state index in [4.69, 9.17) is 10.4 Å². The van der Waals surface area contributed by atoms with Gasteiger partial charge >= 0.3 is 0 Å². The van der Waals surface area contributed by atoms with Crippen molar-refractivity contribution in [2.24, 2.45) is 0 Å². The fourth-order valence-corrected chi connectivity index (χ4v) is 3.32. The molecule has 6 nitrogen and oxygen atoms in total. The molecule has 0 spiro atoms. The van der Waals surface area contributed by atoms with Gasteiger partial charge < -0.3 is 10.0 Å². The Morgan fingerprint density at radius 2 is 2.35 bits per heavy atom. The molecule has 2 aromatic rings. The predicted molar refractivity (Wildman–Crippen MR) is 86.3 cm³/mol. The number of fused-ring (bicyclic) bond motifs is 1. The summed E-state index contributed by atoms with van der Waals surface area (Å²) in [6, 6.07) is 5.64. The van der Waals surface area contributed by atoms with Crippen LogP contribution in [0.25, 0.3) is 6.08 Å². The molecule has 0 saturated carbocycles. The van der Waals surface area contributed by atoms with Gasteiger partial charge in [-0.05, 0) is 35.6 Å². The van der Waals surface area contributed by atoms with Crippen LogP contribution in [-0.4, -0.2) is 32.2 Å². The third-order valence-electron chi connectivity index (χ3n) is 3.69. The SMILES string of the molecule is N#Cc1cc2n(n1)CCCN(C(=O)/C=C/c1cc(CO)cs1)C2. The molecule has 1 aliphatic rings. The minimum absolute atomic E-state index is 0.00955. The average molecular weight is 328 g/mol. The minimum Gasteiger partial charge on any atom is -0.392 e. The summed E-state index contributed by atoms with van der Waals surface area (Å²) in [4.78, 5) is 15.1. The second-order valence-electron chi connectivity index (χ2n) is 5.32. The Hall–Kier alpha value is -2.43. The van der Waals surface area contributed by atoms with Gasteiger partial charge in [-0.2, -0.15) is 10.4 Å². The molecule has 0 atom stereocenters. The molecule has 23 heavy (non-hydrogen) atoms. The lowest BCUT2D eigenvalue weighted by Gasteiger charge is -2.17.